The Bertz CT molecular complexity index is 481. The standard InChI is InChI=1S/C12H13ClN2S/c1-8-3-5-15-10(7-8)11(14-2)12-9(13)4-6-16-12/h3-7,11,14H,1-2H3. The average Bonchev–Trinajstić information content (AvgIpc) is 2.67. The molecule has 0 saturated carbocycles. The van der Waals surface area contributed by atoms with Crippen LogP contribution in [0, 0.1) is 6.92 Å². The van der Waals surface area contributed by atoms with Crippen molar-refractivity contribution in [2.45, 2.75) is 13.0 Å². The number of nitrogens with one attached hydrogen (secondary N) is 1. The summed E-state index contributed by atoms with van der Waals surface area (Å²) in [6, 6.07) is 6.07. The maximum absolute atomic E-state index is 6.15. The van der Waals surface area contributed by atoms with Gasteiger partial charge in [-0.15, -0.1) is 11.3 Å². The van der Waals surface area contributed by atoms with Gasteiger partial charge < -0.3 is 5.32 Å². The summed E-state index contributed by atoms with van der Waals surface area (Å²) >= 11 is 7.79. The minimum absolute atomic E-state index is 0.0763. The van der Waals surface area contributed by atoms with Crippen LogP contribution in [0.15, 0.2) is 29.8 Å². The average molecular weight is 253 g/mol. The number of aryl methyl sites for hydroxylation is 1. The fourth-order valence-corrected chi connectivity index (χ4v) is 2.93. The molecule has 0 aliphatic carbocycles. The number of rotatable bonds is 3. The van der Waals surface area contributed by atoms with Gasteiger partial charge in [-0.25, -0.2) is 0 Å². The second-order valence-electron chi connectivity index (χ2n) is 3.61. The van der Waals surface area contributed by atoms with Crippen molar-refractivity contribution in [2.75, 3.05) is 7.05 Å². The van der Waals surface area contributed by atoms with E-state index in [1.165, 1.54) is 5.56 Å². The van der Waals surface area contributed by atoms with Gasteiger partial charge in [0, 0.05) is 11.1 Å². The van der Waals surface area contributed by atoms with E-state index in [-0.39, 0.29) is 6.04 Å². The molecule has 84 valence electrons. The highest BCUT2D eigenvalue weighted by atomic mass is 35.5. The molecule has 2 aromatic heterocycles. The summed E-state index contributed by atoms with van der Waals surface area (Å²) in [5.41, 5.74) is 2.21. The number of halogens is 1. The number of thiophene rings is 1. The highest BCUT2D eigenvalue weighted by Gasteiger charge is 2.17. The van der Waals surface area contributed by atoms with Crippen LogP contribution in [0.25, 0.3) is 0 Å². The molecule has 2 rings (SSSR count). The minimum Gasteiger partial charge on any atom is -0.307 e. The zero-order chi connectivity index (χ0) is 11.5. The first kappa shape index (κ1) is 11.6. The molecule has 1 N–H and O–H groups in total. The molecule has 1 atom stereocenters. The van der Waals surface area contributed by atoms with E-state index >= 15 is 0 Å². The summed E-state index contributed by atoms with van der Waals surface area (Å²) in [6.07, 6.45) is 1.83. The first-order valence-corrected chi connectivity index (χ1v) is 6.31. The van der Waals surface area contributed by atoms with Crippen molar-refractivity contribution in [3.8, 4) is 0 Å². The third-order valence-corrected chi connectivity index (χ3v) is 3.85. The summed E-state index contributed by atoms with van der Waals surface area (Å²) in [4.78, 5) is 5.51. The maximum atomic E-state index is 6.15. The predicted octanol–water partition coefficient (Wildman–Crippen LogP) is 3.41. The lowest BCUT2D eigenvalue weighted by atomic mass is 10.1. The van der Waals surface area contributed by atoms with Crippen molar-refractivity contribution < 1.29 is 0 Å². The van der Waals surface area contributed by atoms with E-state index in [1.807, 2.05) is 30.8 Å². The zero-order valence-corrected chi connectivity index (χ0v) is 10.8. The van der Waals surface area contributed by atoms with E-state index in [0.29, 0.717) is 0 Å². The van der Waals surface area contributed by atoms with Crippen LogP contribution < -0.4 is 5.32 Å². The van der Waals surface area contributed by atoms with E-state index in [9.17, 15) is 0 Å². The van der Waals surface area contributed by atoms with Crippen molar-refractivity contribution in [3.05, 3.63) is 50.9 Å². The Labute approximate surface area is 104 Å². The lowest BCUT2D eigenvalue weighted by Gasteiger charge is -2.15. The van der Waals surface area contributed by atoms with Crippen LogP contribution in [0.2, 0.25) is 5.02 Å². The first-order chi connectivity index (χ1) is 7.72. The molecular weight excluding hydrogens is 240 g/mol. The molecule has 4 heteroatoms. The number of hydrogen-bond donors (Lipinski definition) is 1. The third-order valence-electron chi connectivity index (χ3n) is 2.43. The van der Waals surface area contributed by atoms with Gasteiger partial charge in [-0.05, 0) is 43.1 Å². The zero-order valence-electron chi connectivity index (χ0n) is 9.20. The van der Waals surface area contributed by atoms with Crippen molar-refractivity contribution in [3.63, 3.8) is 0 Å². The van der Waals surface area contributed by atoms with Gasteiger partial charge in [0.25, 0.3) is 0 Å². The van der Waals surface area contributed by atoms with Crippen molar-refractivity contribution in [1.82, 2.24) is 10.3 Å². The number of hydrogen-bond acceptors (Lipinski definition) is 3. The Kier molecular flexibility index (Phi) is 3.59. The summed E-state index contributed by atoms with van der Waals surface area (Å²) in [5, 5.41) is 6.05. The highest BCUT2D eigenvalue weighted by Crippen LogP contribution is 2.31. The van der Waals surface area contributed by atoms with Gasteiger partial charge in [0.2, 0.25) is 0 Å². The van der Waals surface area contributed by atoms with Crippen molar-refractivity contribution >= 4 is 22.9 Å². The maximum Gasteiger partial charge on any atom is 0.0857 e. The molecule has 0 aliphatic heterocycles. The molecule has 2 heterocycles. The molecule has 0 amide bonds. The number of pyridine rings is 1. The van der Waals surface area contributed by atoms with Crippen LogP contribution in [-0.2, 0) is 0 Å². The summed E-state index contributed by atoms with van der Waals surface area (Å²) in [5.74, 6) is 0. The lowest BCUT2D eigenvalue weighted by Crippen LogP contribution is -2.18. The van der Waals surface area contributed by atoms with Gasteiger partial charge in [-0.2, -0.15) is 0 Å². The monoisotopic (exact) mass is 252 g/mol. The van der Waals surface area contributed by atoms with Crippen LogP contribution in [0.1, 0.15) is 22.2 Å². The molecule has 0 aromatic carbocycles. The highest BCUT2D eigenvalue weighted by molar-refractivity contribution is 7.10. The molecule has 2 nitrogen and oxygen atoms in total. The lowest BCUT2D eigenvalue weighted by molar-refractivity contribution is 0.681. The summed E-state index contributed by atoms with van der Waals surface area (Å²) < 4.78 is 0. The van der Waals surface area contributed by atoms with Crippen LogP contribution in [-0.4, -0.2) is 12.0 Å². The topological polar surface area (TPSA) is 24.9 Å². The van der Waals surface area contributed by atoms with Gasteiger partial charge in [-0.1, -0.05) is 11.6 Å². The largest absolute Gasteiger partial charge is 0.307 e. The molecular formula is C12H13ClN2S. The summed E-state index contributed by atoms with van der Waals surface area (Å²) in [6.45, 7) is 2.06. The third kappa shape index (κ3) is 2.26. The van der Waals surface area contributed by atoms with Crippen LogP contribution in [0.5, 0.6) is 0 Å². The first-order valence-electron chi connectivity index (χ1n) is 5.05. The van der Waals surface area contributed by atoms with Crippen molar-refractivity contribution in [2.24, 2.45) is 0 Å². The second kappa shape index (κ2) is 4.95. The fourth-order valence-electron chi connectivity index (χ4n) is 1.64. The predicted molar refractivity (Wildman–Crippen MR) is 69.2 cm³/mol. The number of nitrogens with zero attached hydrogens (tertiary/aromatic N) is 1. The van der Waals surface area contributed by atoms with Gasteiger partial charge in [0.15, 0.2) is 0 Å². The van der Waals surface area contributed by atoms with Crippen LogP contribution in [0.4, 0.5) is 0 Å². The fraction of sp³-hybridized carbons (Fsp3) is 0.250. The normalized spacial score (nSPS) is 12.7. The number of aromatic nitrogens is 1. The Balaban J connectivity index is 2.40. The quantitative estimate of drug-likeness (QED) is 0.906. The molecule has 0 spiro atoms. The Morgan fingerprint density at radius 2 is 2.25 bits per heavy atom. The Morgan fingerprint density at radius 3 is 2.81 bits per heavy atom. The molecule has 2 aromatic rings. The van der Waals surface area contributed by atoms with Gasteiger partial charge >= 0.3 is 0 Å². The molecule has 0 saturated heterocycles. The molecule has 0 bridgehead atoms. The second-order valence-corrected chi connectivity index (χ2v) is 4.97. The van der Waals surface area contributed by atoms with E-state index in [2.05, 4.69) is 23.3 Å². The van der Waals surface area contributed by atoms with E-state index in [1.54, 1.807) is 11.3 Å². The van der Waals surface area contributed by atoms with Gasteiger partial charge in [-0.3, -0.25) is 4.98 Å². The van der Waals surface area contributed by atoms with E-state index in [0.717, 1.165) is 15.6 Å². The summed E-state index contributed by atoms with van der Waals surface area (Å²) in [7, 11) is 1.92. The molecule has 1 unspecified atom stereocenters. The van der Waals surface area contributed by atoms with Crippen LogP contribution >= 0.6 is 22.9 Å². The molecule has 16 heavy (non-hydrogen) atoms. The molecule has 0 radical (unpaired) electrons. The van der Waals surface area contributed by atoms with Crippen molar-refractivity contribution in [1.29, 1.82) is 0 Å². The Morgan fingerprint density at radius 1 is 1.44 bits per heavy atom. The molecule has 0 fully saturated rings. The van der Waals surface area contributed by atoms with Gasteiger partial charge in [0.05, 0.1) is 16.8 Å². The van der Waals surface area contributed by atoms with E-state index in [4.69, 9.17) is 11.6 Å². The van der Waals surface area contributed by atoms with E-state index < -0.39 is 0 Å². The van der Waals surface area contributed by atoms with Gasteiger partial charge in [0.1, 0.15) is 0 Å². The smallest absolute Gasteiger partial charge is 0.0857 e. The Hall–Kier alpha value is -0.900. The van der Waals surface area contributed by atoms with Crippen LogP contribution in [0.3, 0.4) is 0 Å². The molecule has 0 aliphatic rings. The SMILES string of the molecule is CNC(c1cc(C)ccn1)c1sccc1Cl. The minimum atomic E-state index is 0.0763.